The third-order valence-electron chi connectivity index (χ3n) is 4.49. The maximum absolute atomic E-state index is 12.1. The van der Waals surface area contributed by atoms with Crippen LogP contribution < -0.4 is 10.1 Å². The van der Waals surface area contributed by atoms with Crippen molar-refractivity contribution in [3.8, 4) is 11.8 Å². The number of rotatable bonds is 8. The Kier molecular flexibility index (Phi) is 6.85. The average Bonchev–Trinajstić information content (AvgIpc) is 3.19. The summed E-state index contributed by atoms with van der Waals surface area (Å²) in [6.45, 7) is -0.0423. The van der Waals surface area contributed by atoms with Gasteiger partial charge in [-0.15, -0.1) is 0 Å². The van der Waals surface area contributed by atoms with E-state index >= 15 is 0 Å². The van der Waals surface area contributed by atoms with Crippen LogP contribution in [0.3, 0.4) is 0 Å². The van der Waals surface area contributed by atoms with E-state index in [9.17, 15) is 14.9 Å². The van der Waals surface area contributed by atoms with E-state index in [0.717, 1.165) is 16.5 Å². The van der Waals surface area contributed by atoms with Gasteiger partial charge < -0.3 is 19.8 Å². The van der Waals surface area contributed by atoms with Crippen molar-refractivity contribution >= 4 is 28.9 Å². The van der Waals surface area contributed by atoms with Crippen molar-refractivity contribution in [2.24, 2.45) is 0 Å². The Bertz CT molecular complexity index is 1110. The minimum absolute atomic E-state index is 0.188. The first-order valence-corrected chi connectivity index (χ1v) is 9.35. The minimum Gasteiger partial charge on any atom is -0.497 e. The number of hydrogen-bond acceptors (Lipinski definition) is 5. The number of esters is 1. The van der Waals surface area contributed by atoms with Crippen LogP contribution in [0, 0.1) is 11.3 Å². The molecule has 2 N–H and O–H groups in total. The SMILES string of the molecule is COc1ccc(/C=C(\C#N)C(=O)OCC(=O)NCCc2c[nH]c3ccccc23)cc1. The molecule has 3 aromatic rings. The molecule has 0 saturated carbocycles. The number of fused-ring (bicyclic) bond motifs is 1. The number of nitrogens with zero attached hydrogens (tertiary/aromatic N) is 1. The predicted molar refractivity (Wildman–Crippen MR) is 113 cm³/mol. The lowest BCUT2D eigenvalue weighted by Crippen LogP contribution is -2.30. The normalized spacial score (nSPS) is 11.0. The maximum atomic E-state index is 12.1. The van der Waals surface area contributed by atoms with E-state index in [-0.39, 0.29) is 5.57 Å². The quantitative estimate of drug-likeness (QED) is 0.342. The molecular weight excluding hydrogens is 382 g/mol. The Morgan fingerprint density at radius 2 is 1.93 bits per heavy atom. The van der Waals surface area contributed by atoms with E-state index in [0.29, 0.717) is 24.3 Å². The molecule has 1 amide bonds. The standard InChI is InChI=1S/C23H21N3O4/c1-29-19-8-6-16(7-9-19)12-18(13-24)23(28)30-15-22(27)25-11-10-17-14-26-21-5-3-2-4-20(17)21/h2-9,12,14,26H,10-11,15H2,1H3,(H,25,27)/b18-12+. The molecule has 1 aromatic heterocycles. The van der Waals surface area contributed by atoms with Crippen molar-refractivity contribution in [2.45, 2.75) is 6.42 Å². The molecule has 0 bridgehead atoms. The van der Waals surface area contributed by atoms with Crippen LogP contribution in [0.1, 0.15) is 11.1 Å². The lowest BCUT2D eigenvalue weighted by atomic mass is 10.1. The highest BCUT2D eigenvalue weighted by atomic mass is 16.5. The van der Waals surface area contributed by atoms with Crippen LogP contribution in [0.5, 0.6) is 5.75 Å². The second-order valence-corrected chi connectivity index (χ2v) is 6.48. The van der Waals surface area contributed by atoms with E-state index in [4.69, 9.17) is 9.47 Å². The van der Waals surface area contributed by atoms with Crippen LogP contribution in [-0.2, 0) is 20.7 Å². The molecule has 1 heterocycles. The third kappa shape index (κ3) is 5.26. The minimum atomic E-state index is -0.847. The van der Waals surface area contributed by atoms with Crippen molar-refractivity contribution in [3.05, 3.63) is 71.4 Å². The molecule has 30 heavy (non-hydrogen) atoms. The molecule has 7 heteroatoms. The van der Waals surface area contributed by atoms with Gasteiger partial charge in [0.2, 0.25) is 0 Å². The zero-order valence-corrected chi connectivity index (χ0v) is 16.5. The maximum Gasteiger partial charge on any atom is 0.349 e. The van der Waals surface area contributed by atoms with Crippen LogP contribution in [-0.4, -0.2) is 37.1 Å². The fraction of sp³-hybridized carbons (Fsp3) is 0.174. The summed E-state index contributed by atoms with van der Waals surface area (Å²) in [6.07, 6.45) is 3.96. The first kappa shape index (κ1) is 20.7. The van der Waals surface area contributed by atoms with Gasteiger partial charge in [-0.1, -0.05) is 30.3 Å². The predicted octanol–water partition coefficient (Wildman–Crippen LogP) is 2.99. The molecule has 0 atom stereocenters. The molecule has 0 aliphatic carbocycles. The third-order valence-corrected chi connectivity index (χ3v) is 4.49. The fourth-order valence-corrected chi connectivity index (χ4v) is 2.94. The van der Waals surface area contributed by atoms with E-state index in [1.165, 1.54) is 6.08 Å². The zero-order valence-electron chi connectivity index (χ0n) is 16.5. The summed E-state index contributed by atoms with van der Waals surface area (Å²) < 4.78 is 10.0. The molecule has 0 saturated heterocycles. The number of benzene rings is 2. The number of H-pyrrole nitrogens is 1. The summed E-state index contributed by atoms with van der Waals surface area (Å²) in [7, 11) is 1.55. The number of aromatic amines is 1. The molecule has 0 aliphatic rings. The molecule has 2 aromatic carbocycles. The number of methoxy groups -OCH3 is 1. The topological polar surface area (TPSA) is 104 Å². The number of amides is 1. The molecule has 3 rings (SSSR count). The summed E-state index contributed by atoms with van der Waals surface area (Å²) in [5, 5.41) is 13.0. The zero-order chi connectivity index (χ0) is 21.3. The lowest BCUT2D eigenvalue weighted by Gasteiger charge is -2.06. The molecular formula is C23H21N3O4. The number of para-hydroxylation sites is 1. The highest BCUT2D eigenvalue weighted by molar-refractivity contribution is 5.98. The van der Waals surface area contributed by atoms with Crippen LogP contribution >= 0.6 is 0 Å². The smallest absolute Gasteiger partial charge is 0.349 e. The summed E-state index contributed by atoms with van der Waals surface area (Å²) in [6, 6.07) is 16.6. The van der Waals surface area contributed by atoms with Crippen molar-refractivity contribution in [1.29, 1.82) is 5.26 Å². The Hall–Kier alpha value is -4.05. The van der Waals surface area contributed by atoms with Crippen molar-refractivity contribution in [3.63, 3.8) is 0 Å². The fourth-order valence-electron chi connectivity index (χ4n) is 2.94. The highest BCUT2D eigenvalue weighted by Gasteiger charge is 2.13. The van der Waals surface area contributed by atoms with Crippen molar-refractivity contribution in [2.75, 3.05) is 20.3 Å². The first-order valence-electron chi connectivity index (χ1n) is 9.35. The largest absolute Gasteiger partial charge is 0.497 e. The van der Waals surface area contributed by atoms with Crippen molar-refractivity contribution < 1.29 is 19.1 Å². The Morgan fingerprint density at radius 3 is 2.67 bits per heavy atom. The van der Waals surface area contributed by atoms with E-state index < -0.39 is 18.5 Å². The van der Waals surface area contributed by atoms with Gasteiger partial charge in [0.05, 0.1) is 7.11 Å². The summed E-state index contributed by atoms with van der Waals surface area (Å²) in [4.78, 5) is 27.2. The molecule has 0 aliphatic heterocycles. The summed E-state index contributed by atoms with van der Waals surface area (Å²) in [5.74, 6) is -0.609. The Morgan fingerprint density at radius 1 is 1.17 bits per heavy atom. The van der Waals surface area contributed by atoms with Gasteiger partial charge in [0.25, 0.3) is 5.91 Å². The number of ether oxygens (including phenoxy) is 2. The number of nitrogens with one attached hydrogen (secondary N) is 2. The van der Waals surface area contributed by atoms with Gasteiger partial charge in [-0.2, -0.15) is 5.26 Å². The van der Waals surface area contributed by atoms with Crippen LogP contribution in [0.25, 0.3) is 17.0 Å². The molecule has 152 valence electrons. The summed E-state index contributed by atoms with van der Waals surface area (Å²) >= 11 is 0. The average molecular weight is 403 g/mol. The molecule has 0 radical (unpaired) electrons. The van der Waals surface area contributed by atoms with Gasteiger partial charge in [-0.05, 0) is 41.8 Å². The van der Waals surface area contributed by atoms with Crippen LogP contribution in [0.4, 0.5) is 0 Å². The summed E-state index contributed by atoms with van der Waals surface area (Å²) in [5.41, 5.74) is 2.59. The second kappa shape index (κ2) is 9.94. The van der Waals surface area contributed by atoms with Gasteiger partial charge in [-0.25, -0.2) is 4.79 Å². The Balaban J connectivity index is 1.47. The molecule has 7 nitrogen and oxygen atoms in total. The van der Waals surface area contributed by atoms with Crippen LogP contribution in [0.2, 0.25) is 0 Å². The number of nitriles is 1. The van der Waals surface area contributed by atoms with Crippen LogP contribution in [0.15, 0.2) is 60.3 Å². The molecule has 0 fully saturated rings. The number of hydrogen-bond donors (Lipinski definition) is 2. The number of carbonyl (C=O) groups is 2. The van der Waals surface area contributed by atoms with E-state index in [1.54, 1.807) is 37.4 Å². The lowest BCUT2D eigenvalue weighted by molar-refractivity contribution is -0.144. The Labute approximate surface area is 173 Å². The number of carbonyl (C=O) groups excluding carboxylic acids is 2. The van der Waals surface area contributed by atoms with Gasteiger partial charge >= 0.3 is 5.97 Å². The molecule has 0 unspecified atom stereocenters. The monoisotopic (exact) mass is 403 g/mol. The van der Waals surface area contributed by atoms with Gasteiger partial charge in [-0.3, -0.25) is 4.79 Å². The van der Waals surface area contributed by atoms with Gasteiger partial charge in [0.15, 0.2) is 6.61 Å². The van der Waals surface area contributed by atoms with Gasteiger partial charge in [0, 0.05) is 23.6 Å². The second-order valence-electron chi connectivity index (χ2n) is 6.48. The molecule has 0 spiro atoms. The van der Waals surface area contributed by atoms with Crippen molar-refractivity contribution in [1.82, 2.24) is 10.3 Å². The first-order chi connectivity index (χ1) is 14.6. The van der Waals surface area contributed by atoms with Gasteiger partial charge in [0.1, 0.15) is 17.4 Å². The van der Waals surface area contributed by atoms with E-state index in [1.807, 2.05) is 30.5 Å². The highest BCUT2D eigenvalue weighted by Crippen LogP contribution is 2.17. The van der Waals surface area contributed by atoms with E-state index in [2.05, 4.69) is 10.3 Å². The number of aromatic nitrogens is 1.